The van der Waals surface area contributed by atoms with Gasteiger partial charge in [-0.1, -0.05) is 0 Å². The predicted octanol–water partition coefficient (Wildman–Crippen LogP) is 1.78. The van der Waals surface area contributed by atoms with E-state index in [0.717, 1.165) is 5.56 Å². The van der Waals surface area contributed by atoms with Crippen LogP contribution >= 0.6 is 22.6 Å². The summed E-state index contributed by atoms with van der Waals surface area (Å²) in [5.41, 5.74) is 1.66. The Hall–Kier alpha value is -1.44. The maximum atomic E-state index is 11.0. The summed E-state index contributed by atoms with van der Waals surface area (Å²) in [6, 6.07) is 3.64. The minimum Gasteiger partial charge on any atom is -0.476 e. The van der Waals surface area contributed by atoms with Gasteiger partial charge in [-0.15, -0.1) is 0 Å². The summed E-state index contributed by atoms with van der Waals surface area (Å²) in [7, 11) is 1.62. The van der Waals surface area contributed by atoms with Crippen LogP contribution in [0.4, 0.5) is 0 Å². The Labute approximate surface area is 105 Å². The van der Waals surface area contributed by atoms with E-state index in [2.05, 4.69) is 10.1 Å². The summed E-state index contributed by atoms with van der Waals surface area (Å²) in [4.78, 5) is 15.0. The lowest BCUT2D eigenvalue weighted by atomic mass is 10.2. The Balaban J connectivity index is 2.61. The van der Waals surface area contributed by atoms with E-state index in [1.807, 2.05) is 28.7 Å². The average molecular weight is 329 g/mol. The number of nitrogens with zero attached hydrogens (tertiary/aromatic N) is 3. The van der Waals surface area contributed by atoms with Crippen molar-refractivity contribution in [2.24, 2.45) is 7.05 Å². The maximum absolute atomic E-state index is 11.0. The summed E-state index contributed by atoms with van der Waals surface area (Å²) in [6.45, 7) is 0. The Bertz CT molecular complexity index is 536. The van der Waals surface area contributed by atoms with Crippen molar-refractivity contribution in [2.45, 2.75) is 0 Å². The summed E-state index contributed by atoms with van der Waals surface area (Å²) in [6.07, 6.45) is 3.33. The molecule has 0 saturated carbocycles. The first-order chi connectivity index (χ1) is 7.61. The van der Waals surface area contributed by atoms with Gasteiger partial charge in [0.05, 0.1) is 3.57 Å². The molecular formula is C10H8IN3O2. The van der Waals surface area contributed by atoms with Crippen molar-refractivity contribution in [3.63, 3.8) is 0 Å². The molecule has 82 valence electrons. The minimum atomic E-state index is -0.977. The molecule has 0 amide bonds. The molecule has 2 heterocycles. The fourth-order valence-electron chi connectivity index (χ4n) is 1.42. The molecule has 2 aromatic rings. The molecule has 0 atom stereocenters. The molecule has 0 spiro atoms. The quantitative estimate of drug-likeness (QED) is 0.853. The summed E-state index contributed by atoms with van der Waals surface area (Å²) < 4.78 is 1.99. The van der Waals surface area contributed by atoms with E-state index in [1.54, 1.807) is 25.5 Å². The third kappa shape index (κ3) is 1.80. The monoisotopic (exact) mass is 329 g/mol. The molecule has 0 aromatic carbocycles. The van der Waals surface area contributed by atoms with Gasteiger partial charge in [0, 0.05) is 25.0 Å². The van der Waals surface area contributed by atoms with Gasteiger partial charge in [-0.2, -0.15) is 5.10 Å². The fourth-order valence-corrected chi connectivity index (χ4v) is 2.42. The zero-order valence-electron chi connectivity index (χ0n) is 8.38. The normalized spacial score (nSPS) is 10.4. The first kappa shape index (κ1) is 11.1. The Kier molecular flexibility index (Phi) is 2.90. The number of aromatic carboxylic acids is 1. The fraction of sp³-hybridized carbons (Fsp3) is 0.100. The van der Waals surface area contributed by atoms with Crippen LogP contribution in [0.5, 0.6) is 0 Å². The second kappa shape index (κ2) is 4.20. The molecule has 0 aliphatic rings. The zero-order valence-corrected chi connectivity index (χ0v) is 10.5. The van der Waals surface area contributed by atoms with Gasteiger partial charge in [0.25, 0.3) is 0 Å². The molecule has 0 fully saturated rings. The van der Waals surface area contributed by atoms with Crippen LogP contribution in [0.15, 0.2) is 24.5 Å². The van der Waals surface area contributed by atoms with Crippen LogP contribution in [-0.2, 0) is 7.05 Å². The van der Waals surface area contributed by atoms with Gasteiger partial charge in [0.2, 0.25) is 0 Å². The SMILES string of the molecule is Cn1nc(-c2cccnc2)c(I)c1C(=O)O. The Morgan fingerprint density at radius 1 is 1.56 bits per heavy atom. The first-order valence-corrected chi connectivity index (χ1v) is 5.55. The molecule has 16 heavy (non-hydrogen) atoms. The van der Waals surface area contributed by atoms with Gasteiger partial charge in [-0.05, 0) is 34.7 Å². The standard InChI is InChI=1S/C10H8IN3O2/c1-14-9(10(15)16)7(11)8(13-14)6-3-2-4-12-5-6/h2-5H,1H3,(H,15,16). The maximum Gasteiger partial charge on any atom is 0.355 e. The van der Waals surface area contributed by atoms with Gasteiger partial charge in [0.1, 0.15) is 5.69 Å². The van der Waals surface area contributed by atoms with Crippen molar-refractivity contribution in [1.29, 1.82) is 0 Å². The lowest BCUT2D eigenvalue weighted by Crippen LogP contribution is -2.06. The average Bonchev–Trinajstić information content (AvgIpc) is 2.55. The Morgan fingerprint density at radius 3 is 2.81 bits per heavy atom. The number of aromatic nitrogens is 3. The van der Waals surface area contributed by atoms with Crippen LogP contribution in [0.1, 0.15) is 10.5 Å². The zero-order chi connectivity index (χ0) is 11.7. The molecule has 0 radical (unpaired) electrons. The second-order valence-electron chi connectivity index (χ2n) is 3.18. The molecule has 2 aromatic heterocycles. The number of halogens is 1. The van der Waals surface area contributed by atoms with E-state index < -0.39 is 5.97 Å². The number of hydrogen-bond acceptors (Lipinski definition) is 3. The molecule has 0 bridgehead atoms. The second-order valence-corrected chi connectivity index (χ2v) is 4.26. The third-order valence-electron chi connectivity index (χ3n) is 2.13. The van der Waals surface area contributed by atoms with Crippen molar-refractivity contribution in [3.8, 4) is 11.3 Å². The van der Waals surface area contributed by atoms with Crippen LogP contribution in [0.3, 0.4) is 0 Å². The Morgan fingerprint density at radius 2 is 2.31 bits per heavy atom. The highest BCUT2D eigenvalue weighted by Gasteiger charge is 2.20. The molecule has 0 aliphatic carbocycles. The largest absolute Gasteiger partial charge is 0.476 e. The van der Waals surface area contributed by atoms with Crippen LogP contribution in [0.25, 0.3) is 11.3 Å². The van der Waals surface area contributed by atoms with E-state index in [-0.39, 0.29) is 5.69 Å². The van der Waals surface area contributed by atoms with Crippen LogP contribution in [-0.4, -0.2) is 25.8 Å². The summed E-state index contributed by atoms with van der Waals surface area (Å²) in [5, 5.41) is 13.2. The van der Waals surface area contributed by atoms with Crippen molar-refractivity contribution < 1.29 is 9.90 Å². The summed E-state index contributed by atoms with van der Waals surface area (Å²) in [5.74, 6) is -0.977. The molecule has 0 saturated heterocycles. The highest BCUT2D eigenvalue weighted by molar-refractivity contribution is 14.1. The molecular weight excluding hydrogens is 321 g/mol. The first-order valence-electron chi connectivity index (χ1n) is 4.47. The van der Waals surface area contributed by atoms with Crippen LogP contribution < -0.4 is 0 Å². The molecule has 0 unspecified atom stereocenters. The number of carboxylic acids is 1. The number of aryl methyl sites for hydroxylation is 1. The van der Waals surface area contributed by atoms with E-state index >= 15 is 0 Å². The van der Waals surface area contributed by atoms with Gasteiger partial charge in [0.15, 0.2) is 5.69 Å². The highest BCUT2D eigenvalue weighted by atomic mass is 127. The highest BCUT2D eigenvalue weighted by Crippen LogP contribution is 2.25. The van der Waals surface area contributed by atoms with Crippen molar-refractivity contribution >= 4 is 28.6 Å². The van der Waals surface area contributed by atoms with E-state index in [1.165, 1.54) is 4.68 Å². The number of hydrogen-bond donors (Lipinski definition) is 1. The number of carboxylic acid groups (broad SMARTS) is 1. The van der Waals surface area contributed by atoms with Crippen molar-refractivity contribution in [3.05, 3.63) is 33.8 Å². The molecule has 6 heteroatoms. The molecule has 0 aliphatic heterocycles. The summed E-state index contributed by atoms with van der Waals surface area (Å²) >= 11 is 1.99. The van der Waals surface area contributed by atoms with E-state index in [9.17, 15) is 4.79 Å². The molecule has 5 nitrogen and oxygen atoms in total. The van der Waals surface area contributed by atoms with E-state index in [4.69, 9.17) is 5.11 Å². The van der Waals surface area contributed by atoms with Gasteiger partial charge in [-0.3, -0.25) is 9.67 Å². The van der Waals surface area contributed by atoms with Crippen molar-refractivity contribution in [2.75, 3.05) is 0 Å². The minimum absolute atomic E-state index is 0.194. The molecule has 1 N–H and O–H groups in total. The van der Waals surface area contributed by atoms with Crippen LogP contribution in [0.2, 0.25) is 0 Å². The van der Waals surface area contributed by atoms with Crippen LogP contribution in [0, 0.1) is 3.57 Å². The number of rotatable bonds is 2. The van der Waals surface area contributed by atoms with Gasteiger partial charge in [-0.25, -0.2) is 4.79 Å². The third-order valence-corrected chi connectivity index (χ3v) is 3.15. The predicted molar refractivity (Wildman–Crippen MR) is 66.1 cm³/mol. The van der Waals surface area contributed by atoms with Gasteiger partial charge < -0.3 is 5.11 Å². The number of carbonyl (C=O) groups is 1. The number of pyridine rings is 1. The topological polar surface area (TPSA) is 68.0 Å². The molecule has 2 rings (SSSR count). The van der Waals surface area contributed by atoms with Crippen molar-refractivity contribution in [1.82, 2.24) is 14.8 Å². The lowest BCUT2D eigenvalue weighted by Gasteiger charge is -1.95. The van der Waals surface area contributed by atoms with E-state index in [0.29, 0.717) is 9.26 Å². The lowest BCUT2D eigenvalue weighted by molar-refractivity contribution is 0.0684. The van der Waals surface area contributed by atoms with Gasteiger partial charge >= 0.3 is 5.97 Å². The smallest absolute Gasteiger partial charge is 0.355 e.